The zero-order valence-electron chi connectivity index (χ0n) is 21.7. The van der Waals surface area contributed by atoms with Crippen molar-refractivity contribution in [2.45, 2.75) is 38.3 Å². The Balaban J connectivity index is 1.18. The highest BCUT2D eigenvalue weighted by molar-refractivity contribution is 5.94. The number of rotatable bonds is 12. The summed E-state index contributed by atoms with van der Waals surface area (Å²) < 4.78 is 0. The average Bonchev–Trinajstić information content (AvgIpc) is 2.94. The third-order valence-electron chi connectivity index (χ3n) is 7.01. The van der Waals surface area contributed by atoms with Crippen LogP contribution in [-0.2, 0) is 6.54 Å². The summed E-state index contributed by atoms with van der Waals surface area (Å²) in [4.78, 5) is 17.7. The molecule has 3 aromatic rings. The van der Waals surface area contributed by atoms with Gasteiger partial charge in [0.2, 0.25) is 0 Å². The molecule has 3 N–H and O–H groups in total. The van der Waals surface area contributed by atoms with Crippen molar-refractivity contribution >= 4 is 11.7 Å². The van der Waals surface area contributed by atoms with Crippen LogP contribution < -0.4 is 10.6 Å². The highest BCUT2D eigenvalue weighted by Crippen LogP contribution is 2.27. The second kappa shape index (κ2) is 14.5. The minimum absolute atomic E-state index is 0.137. The van der Waals surface area contributed by atoms with Crippen molar-refractivity contribution in [3.63, 3.8) is 0 Å². The van der Waals surface area contributed by atoms with Gasteiger partial charge in [-0.1, -0.05) is 78.9 Å². The molecule has 37 heavy (non-hydrogen) atoms. The molecule has 1 aliphatic rings. The van der Waals surface area contributed by atoms with Gasteiger partial charge in [0.05, 0.1) is 5.69 Å². The number of carbonyl (C=O) groups is 1. The first-order valence-electron chi connectivity index (χ1n) is 13.5. The van der Waals surface area contributed by atoms with Gasteiger partial charge in [0.1, 0.15) is 0 Å². The lowest BCUT2D eigenvalue weighted by atomic mass is 10.0. The number of para-hydroxylation sites is 1. The maximum atomic E-state index is 12.8. The first-order chi connectivity index (χ1) is 18.2. The SMILES string of the molecule is O=C(Nc1ccccc1-c1ccccc1)NC1CCN(CCCN(CCCO)Cc2ccccc2)CC1. The van der Waals surface area contributed by atoms with Crippen molar-refractivity contribution in [3.8, 4) is 11.1 Å². The lowest BCUT2D eigenvalue weighted by Gasteiger charge is -2.33. The summed E-state index contributed by atoms with van der Waals surface area (Å²) in [5, 5.41) is 15.5. The molecule has 0 radical (unpaired) electrons. The second-order valence-corrected chi connectivity index (χ2v) is 9.82. The summed E-state index contributed by atoms with van der Waals surface area (Å²) in [6, 6.07) is 28.7. The molecule has 1 aliphatic heterocycles. The number of anilines is 1. The summed E-state index contributed by atoms with van der Waals surface area (Å²) in [7, 11) is 0. The third kappa shape index (κ3) is 8.71. The fraction of sp³-hybridized carbons (Fsp3) is 0.387. The van der Waals surface area contributed by atoms with Crippen LogP contribution in [0.3, 0.4) is 0 Å². The van der Waals surface area contributed by atoms with Gasteiger partial charge in [0, 0.05) is 44.4 Å². The maximum absolute atomic E-state index is 12.8. The number of nitrogens with one attached hydrogen (secondary N) is 2. The number of carbonyl (C=O) groups excluding carboxylic acids is 1. The van der Waals surface area contributed by atoms with Crippen LogP contribution >= 0.6 is 0 Å². The molecule has 1 fully saturated rings. The Morgan fingerprint density at radius 2 is 1.51 bits per heavy atom. The van der Waals surface area contributed by atoms with Gasteiger partial charge in [-0.3, -0.25) is 4.90 Å². The van der Waals surface area contributed by atoms with Gasteiger partial charge in [0.15, 0.2) is 0 Å². The number of piperidine rings is 1. The predicted molar refractivity (Wildman–Crippen MR) is 152 cm³/mol. The van der Waals surface area contributed by atoms with E-state index >= 15 is 0 Å². The molecule has 3 aromatic carbocycles. The van der Waals surface area contributed by atoms with E-state index in [0.29, 0.717) is 0 Å². The smallest absolute Gasteiger partial charge is 0.319 e. The molecule has 2 amide bonds. The van der Waals surface area contributed by atoms with Gasteiger partial charge in [-0.25, -0.2) is 4.79 Å². The zero-order chi connectivity index (χ0) is 25.7. The van der Waals surface area contributed by atoms with Crippen LogP contribution in [-0.4, -0.2) is 66.3 Å². The topological polar surface area (TPSA) is 67.8 Å². The number of aliphatic hydroxyl groups is 1. The van der Waals surface area contributed by atoms with Gasteiger partial charge in [0.25, 0.3) is 0 Å². The Bertz CT molecular complexity index is 1070. The number of aliphatic hydroxyl groups excluding tert-OH is 1. The number of nitrogens with zero attached hydrogens (tertiary/aromatic N) is 2. The van der Waals surface area contributed by atoms with E-state index in [1.54, 1.807) is 0 Å². The fourth-order valence-corrected chi connectivity index (χ4v) is 5.03. The van der Waals surface area contributed by atoms with Crippen LogP contribution in [0.15, 0.2) is 84.9 Å². The van der Waals surface area contributed by atoms with Gasteiger partial charge >= 0.3 is 6.03 Å². The molecule has 0 atom stereocenters. The molecule has 196 valence electrons. The Hall–Kier alpha value is -3.19. The molecule has 6 nitrogen and oxygen atoms in total. The first-order valence-corrected chi connectivity index (χ1v) is 13.5. The Kier molecular flexibility index (Phi) is 10.5. The fourth-order valence-electron chi connectivity index (χ4n) is 5.03. The summed E-state index contributed by atoms with van der Waals surface area (Å²) in [6.07, 6.45) is 3.84. The Labute approximate surface area is 221 Å². The lowest BCUT2D eigenvalue weighted by Crippen LogP contribution is -2.46. The summed E-state index contributed by atoms with van der Waals surface area (Å²) in [6.45, 7) is 6.16. The van der Waals surface area contributed by atoms with E-state index in [-0.39, 0.29) is 18.7 Å². The highest BCUT2D eigenvalue weighted by Gasteiger charge is 2.21. The molecule has 1 saturated heterocycles. The number of hydrogen-bond donors (Lipinski definition) is 3. The van der Waals surface area contributed by atoms with Crippen molar-refractivity contribution in [1.29, 1.82) is 0 Å². The van der Waals surface area contributed by atoms with E-state index in [0.717, 1.165) is 81.8 Å². The molecule has 0 unspecified atom stereocenters. The van der Waals surface area contributed by atoms with Crippen LogP contribution in [0.2, 0.25) is 0 Å². The van der Waals surface area contributed by atoms with E-state index in [1.807, 2.05) is 48.5 Å². The molecule has 1 heterocycles. The minimum atomic E-state index is -0.137. The normalized spacial score (nSPS) is 14.5. The Morgan fingerprint density at radius 3 is 2.24 bits per heavy atom. The molecule has 0 aromatic heterocycles. The molecule has 4 rings (SSSR count). The van der Waals surface area contributed by atoms with E-state index in [1.165, 1.54) is 5.56 Å². The zero-order valence-corrected chi connectivity index (χ0v) is 21.7. The van der Waals surface area contributed by atoms with Crippen molar-refractivity contribution in [2.24, 2.45) is 0 Å². The summed E-state index contributed by atoms with van der Waals surface area (Å²) >= 11 is 0. The van der Waals surface area contributed by atoms with Crippen molar-refractivity contribution in [2.75, 3.05) is 44.6 Å². The van der Waals surface area contributed by atoms with E-state index < -0.39 is 0 Å². The molecular formula is C31H40N4O2. The molecule has 0 bridgehead atoms. The number of amides is 2. The van der Waals surface area contributed by atoms with Gasteiger partial charge in [-0.15, -0.1) is 0 Å². The van der Waals surface area contributed by atoms with Crippen LogP contribution in [0.1, 0.15) is 31.2 Å². The van der Waals surface area contributed by atoms with Gasteiger partial charge in [-0.05, 0) is 56.0 Å². The molecule has 0 aliphatic carbocycles. The maximum Gasteiger partial charge on any atom is 0.319 e. The highest BCUT2D eigenvalue weighted by atomic mass is 16.3. The second-order valence-electron chi connectivity index (χ2n) is 9.82. The van der Waals surface area contributed by atoms with Crippen molar-refractivity contribution in [1.82, 2.24) is 15.1 Å². The number of hydrogen-bond acceptors (Lipinski definition) is 4. The van der Waals surface area contributed by atoms with Crippen LogP contribution in [0.25, 0.3) is 11.1 Å². The number of benzene rings is 3. The summed E-state index contributed by atoms with van der Waals surface area (Å²) in [5.74, 6) is 0. The summed E-state index contributed by atoms with van der Waals surface area (Å²) in [5.41, 5.74) is 4.25. The van der Waals surface area contributed by atoms with E-state index in [4.69, 9.17) is 0 Å². The average molecular weight is 501 g/mol. The van der Waals surface area contributed by atoms with Crippen molar-refractivity contribution < 1.29 is 9.90 Å². The largest absolute Gasteiger partial charge is 0.396 e. The van der Waals surface area contributed by atoms with Crippen LogP contribution in [0.4, 0.5) is 10.5 Å². The standard InChI is InChI=1S/C31H40N4O2/c36-24-10-21-35(25-26-11-3-1-4-12-26)20-9-19-34-22-17-28(18-23-34)32-31(37)33-30-16-8-7-15-29(30)27-13-5-2-6-14-27/h1-8,11-16,28,36H,9-10,17-25H2,(H2,32,33,37). The molecule has 6 heteroatoms. The van der Waals surface area contributed by atoms with Crippen LogP contribution in [0, 0.1) is 0 Å². The molecular weight excluding hydrogens is 460 g/mol. The first kappa shape index (κ1) is 26.9. The minimum Gasteiger partial charge on any atom is -0.396 e. The van der Waals surface area contributed by atoms with Gasteiger partial charge < -0.3 is 20.6 Å². The van der Waals surface area contributed by atoms with Crippen molar-refractivity contribution in [3.05, 3.63) is 90.5 Å². The molecule has 0 spiro atoms. The van der Waals surface area contributed by atoms with Gasteiger partial charge in [-0.2, -0.15) is 0 Å². The van der Waals surface area contributed by atoms with E-state index in [9.17, 15) is 9.90 Å². The number of likely N-dealkylation sites (tertiary alicyclic amines) is 1. The lowest BCUT2D eigenvalue weighted by molar-refractivity contribution is 0.174. The monoisotopic (exact) mass is 500 g/mol. The van der Waals surface area contributed by atoms with Crippen LogP contribution in [0.5, 0.6) is 0 Å². The number of urea groups is 1. The third-order valence-corrected chi connectivity index (χ3v) is 7.01. The molecule has 0 saturated carbocycles. The van der Waals surface area contributed by atoms with E-state index in [2.05, 4.69) is 56.8 Å². The quantitative estimate of drug-likeness (QED) is 0.319. The predicted octanol–water partition coefficient (Wildman–Crippen LogP) is 5.21. The Morgan fingerprint density at radius 1 is 0.865 bits per heavy atom.